The lowest BCUT2D eigenvalue weighted by Gasteiger charge is -2.03. The van der Waals surface area contributed by atoms with Crippen molar-refractivity contribution in [1.82, 2.24) is 5.32 Å². The predicted molar refractivity (Wildman–Crippen MR) is 56.1 cm³/mol. The fourth-order valence-corrected chi connectivity index (χ4v) is 1.07. The topological polar surface area (TPSA) is 55.4 Å². The van der Waals surface area contributed by atoms with Crippen molar-refractivity contribution in [2.75, 3.05) is 7.05 Å². The van der Waals surface area contributed by atoms with E-state index >= 15 is 0 Å². The first kappa shape index (κ1) is 11.2. The molecule has 1 aromatic rings. The van der Waals surface area contributed by atoms with Crippen molar-refractivity contribution in [3.63, 3.8) is 0 Å². The van der Waals surface area contributed by atoms with Gasteiger partial charge in [0.1, 0.15) is 5.75 Å². The molecule has 0 radical (unpaired) electrons. The van der Waals surface area contributed by atoms with Crippen LogP contribution < -0.4 is 10.1 Å². The standard InChI is InChI=1S/C11H13NO3/c1-3-10(13)8-4-6-9(7-5-8)15-11(14)12-2/h4-7H,3H2,1-2H3,(H,12,14). The Hall–Kier alpha value is -1.84. The summed E-state index contributed by atoms with van der Waals surface area (Å²) in [6, 6.07) is 6.48. The minimum atomic E-state index is -0.524. The Kier molecular flexibility index (Phi) is 3.85. The maximum absolute atomic E-state index is 11.3. The zero-order valence-corrected chi connectivity index (χ0v) is 8.74. The highest BCUT2D eigenvalue weighted by Crippen LogP contribution is 2.13. The highest BCUT2D eigenvalue weighted by molar-refractivity contribution is 5.95. The molecule has 0 saturated carbocycles. The first-order valence-electron chi connectivity index (χ1n) is 4.70. The van der Waals surface area contributed by atoms with Crippen molar-refractivity contribution >= 4 is 11.9 Å². The Morgan fingerprint density at radius 3 is 2.33 bits per heavy atom. The highest BCUT2D eigenvalue weighted by Gasteiger charge is 2.04. The summed E-state index contributed by atoms with van der Waals surface area (Å²) in [5.41, 5.74) is 0.627. The van der Waals surface area contributed by atoms with Crippen LogP contribution in [0.1, 0.15) is 23.7 Å². The van der Waals surface area contributed by atoms with Gasteiger partial charge in [-0.05, 0) is 24.3 Å². The van der Waals surface area contributed by atoms with Crippen LogP contribution in [0.25, 0.3) is 0 Å². The van der Waals surface area contributed by atoms with E-state index < -0.39 is 6.09 Å². The molecular formula is C11H13NO3. The van der Waals surface area contributed by atoms with Crippen molar-refractivity contribution in [1.29, 1.82) is 0 Å². The van der Waals surface area contributed by atoms with Crippen LogP contribution in [0.2, 0.25) is 0 Å². The minimum absolute atomic E-state index is 0.0708. The molecule has 0 aliphatic rings. The van der Waals surface area contributed by atoms with Gasteiger partial charge in [0.05, 0.1) is 0 Å². The predicted octanol–water partition coefficient (Wildman–Crippen LogP) is 2.00. The van der Waals surface area contributed by atoms with Gasteiger partial charge in [0, 0.05) is 19.0 Å². The van der Waals surface area contributed by atoms with Gasteiger partial charge >= 0.3 is 6.09 Å². The van der Waals surface area contributed by atoms with Gasteiger partial charge in [0.2, 0.25) is 0 Å². The fraction of sp³-hybridized carbons (Fsp3) is 0.273. The third-order valence-electron chi connectivity index (χ3n) is 1.91. The maximum Gasteiger partial charge on any atom is 0.412 e. The number of rotatable bonds is 3. The second-order valence-electron chi connectivity index (χ2n) is 2.94. The normalized spacial score (nSPS) is 9.47. The molecule has 1 amide bonds. The van der Waals surface area contributed by atoms with Gasteiger partial charge < -0.3 is 10.1 Å². The van der Waals surface area contributed by atoms with Crippen molar-refractivity contribution in [3.05, 3.63) is 29.8 Å². The molecule has 1 N–H and O–H groups in total. The number of carbonyl (C=O) groups excluding carboxylic acids is 2. The molecule has 4 heteroatoms. The largest absolute Gasteiger partial charge is 0.412 e. The zero-order chi connectivity index (χ0) is 11.3. The Labute approximate surface area is 88.2 Å². The molecule has 0 bridgehead atoms. The second kappa shape index (κ2) is 5.14. The third kappa shape index (κ3) is 3.09. The smallest absolute Gasteiger partial charge is 0.410 e. The number of nitrogens with one attached hydrogen (secondary N) is 1. The number of hydrogen-bond acceptors (Lipinski definition) is 3. The molecule has 0 unspecified atom stereocenters. The number of carbonyl (C=O) groups is 2. The van der Waals surface area contributed by atoms with E-state index in [1.165, 1.54) is 7.05 Å². The van der Waals surface area contributed by atoms with Gasteiger partial charge in [-0.3, -0.25) is 4.79 Å². The zero-order valence-electron chi connectivity index (χ0n) is 8.74. The Bertz CT molecular complexity index is 357. The third-order valence-corrected chi connectivity index (χ3v) is 1.91. The Balaban J connectivity index is 2.72. The van der Waals surface area contributed by atoms with Crippen LogP contribution >= 0.6 is 0 Å². The van der Waals surface area contributed by atoms with Crippen LogP contribution in [0.5, 0.6) is 5.75 Å². The van der Waals surface area contributed by atoms with Crippen LogP contribution in [-0.2, 0) is 0 Å². The fourth-order valence-electron chi connectivity index (χ4n) is 1.07. The quantitative estimate of drug-likeness (QED) is 0.771. The number of Topliss-reactive ketones (excluding diaryl/α,β-unsaturated/α-hetero) is 1. The van der Waals surface area contributed by atoms with Gasteiger partial charge in [-0.15, -0.1) is 0 Å². The summed E-state index contributed by atoms with van der Waals surface area (Å²) >= 11 is 0. The molecule has 1 rings (SSSR count). The molecular weight excluding hydrogens is 194 g/mol. The molecule has 0 aromatic heterocycles. The Morgan fingerprint density at radius 2 is 1.87 bits per heavy atom. The van der Waals surface area contributed by atoms with Crippen LogP contribution in [0.15, 0.2) is 24.3 Å². The average molecular weight is 207 g/mol. The summed E-state index contributed by atoms with van der Waals surface area (Å²) in [6.45, 7) is 1.80. The molecule has 15 heavy (non-hydrogen) atoms. The summed E-state index contributed by atoms with van der Waals surface area (Å²) in [7, 11) is 1.48. The van der Waals surface area contributed by atoms with Crippen molar-refractivity contribution in [2.45, 2.75) is 13.3 Å². The first-order valence-corrected chi connectivity index (χ1v) is 4.70. The summed E-state index contributed by atoms with van der Waals surface area (Å²) in [4.78, 5) is 22.1. The summed E-state index contributed by atoms with van der Waals surface area (Å²) in [6.07, 6.45) is -0.0556. The molecule has 4 nitrogen and oxygen atoms in total. The van der Waals surface area contributed by atoms with E-state index in [2.05, 4.69) is 5.32 Å². The van der Waals surface area contributed by atoms with Gasteiger partial charge in [0.25, 0.3) is 0 Å². The van der Waals surface area contributed by atoms with E-state index in [0.717, 1.165) is 0 Å². The maximum atomic E-state index is 11.3. The van der Waals surface area contributed by atoms with E-state index in [9.17, 15) is 9.59 Å². The van der Waals surface area contributed by atoms with E-state index in [4.69, 9.17) is 4.74 Å². The highest BCUT2D eigenvalue weighted by atomic mass is 16.5. The lowest BCUT2D eigenvalue weighted by molar-refractivity contribution is 0.0988. The summed E-state index contributed by atoms with van der Waals surface area (Å²) in [5.74, 6) is 0.489. The molecule has 0 saturated heterocycles. The molecule has 80 valence electrons. The van der Waals surface area contributed by atoms with Crippen LogP contribution in [0, 0.1) is 0 Å². The molecule has 0 aliphatic heterocycles. The van der Waals surface area contributed by atoms with Gasteiger partial charge in [-0.2, -0.15) is 0 Å². The van der Waals surface area contributed by atoms with Crippen molar-refractivity contribution in [3.8, 4) is 5.75 Å². The van der Waals surface area contributed by atoms with Gasteiger partial charge in [0.15, 0.2) is 5.78 Å². The number of hydrogen-bond donors (Lipinski definition) is 1. The first-order chi connectivity index (χ1) is 7.17. The SMILES string of the molecule is CCC(=O)c1ccc(OC(=O)NC)cc1. The van der Waals surface area contributed by atoms with Crippen molar-refractivity contribution < 1.29 is 14.3 Å². The Morgan fingerprint density at radius 1 is 1.27 bits per heavy atom. The van der Waals surface area contributed by atoms with Gasteiger partial charge in [-0.1, -0.05) is 6.92 Å². The molecule has 0 aliphatic carbocycles. The molecule has 0 atom stereocenters. The molecule has 1 aromatic carbocycles. The number of amides is 1. The van der Waals surface area contributed by atoms with Crippen LogP contribution in [-0.4, -0.2) is 18.9 Å². The molecule has 0 spiro atoms. The van der Waals surface area contributed by atoms with E-state index in [1.807, 2.05) is 0 Å². The number of ether oxygens (including phenoxy) is 1. The number of benzene rings is 1. The van der Waals surface area contributed by atoms with Crippen LogP contribution in [0.3, 0.4) is 0 Å². The monoisotopic (exact) mass is 207 g/mol. The van der Waals surface area contributed by atoms with Gasteiger partial charge in [-0.25, -0.2) is 4.79 Å². The molecule has 0 fully saturated rings. The minimum Gasteiger partial charge on any atom is -0.410 e. The lowest BCUT2D eigenvalue weighted by atomic mass is 10.1. The van der Waals surface area contributed by atoms with E-state index in [1.54, 1.807) is 31.2 Å². The summed E-state index contributed by atoms with van der Waals surface area (Å²) < 4.78 is 4.87. The number of ketones is 1. The lowest BCUT2D eigenvalue weighted by Crippen LogP contribution is -2.21. The van der Waals surface area contributed by atoms with E-state index in [0.29, 0.717) is 17.7 Å². The average Bonchev–Trinajstić information content (AvgIpc) is 2.29. The second-order valence-corrected chi connectivity index (χ2v) is 2.94. The summed E-state index contributed by atoms with van der Waals surface area (Å²) in [5, 5.41) is 2.33. The van der Waals surface area contributed by atoms with Crippen LogP contribution in [0.4, 0.5) is 4.79 Å². The van der Waals surface area contributed by atoms with Crippen molar-refractivity contribution in [2.24, 2.45) is 0 Å². The van der Waals surface area contributed by atoms with E-state index in [-0.39, 0.29) is 5.78 Å². The molecule has 0 heterocycles.